The van der Waals surface area contributed by atoms with Crippen LogP contribution in [0.5, 0.6) is 23.0 Å². The number of ether oxygens (including phenoxy) is 1. The Morgan fingerprint density at radius 3 is 2.39 bits per heavy atom. The van der Waals surface area contributed by atoms with Crippen molar-refractivity contribution in [2.45, 2.75) is 59.5 Å². The van der Waals surface area contributed by atoms with Crippen molar-refractivity contribution in [2.75, 3.05) is 0 Å². The number of phenols is 3. The molecule has 1 atom stereocenters. The van der Waals surface area contributed by atoms with Crippen molar-refractivity contribution in [3.63, 3.8) is 0 Å². The van der Waals surface area contributed by atoms with Crippen LogP contribution in [0.25, 0.3) is 28.4 Å². The molecule has 3 N–H and O–H groups in total. The molecular formula is C30H32O6. The summed E-state index contributed by atoms with van der Waals surface area (Å²) in [5.74, 6) is -0.0607. The summed E-state index contributed by atoms with van der Waals surface area (Å²) in [4.78, 5) is 13.2. The topological polar surface area (TPSA) is 100 Å². The monoisotopic (exact) mass is 488 g/mol. The van der Waals surface area contributed by atoms with Crippen LogP contribution in [-0.4, -0.2) is 20.9 Å². The van der Waals surface area contributed by atoms with Gasteiger partial charge in [-0.2, -0.15) is 0 Å². The Balaban J connectivity index is 1.94. The van der Waals surface area contributed by atoms with Crippen LogP contribution in [0.2, 0.25) is 0 Å². The number of aromatic hydroxyl groups is 3. The first-order chi connectivity index (χ1) is 17.0. The van der Waals surface area contributed by atoms with E-state index >= 15 is 0 Å². The second-order valence-corrected chi connectivity index (χ2v) is 10.0. The zero-order chi connectivity index (χ0) is 26.2. The number of benzene rings is 2. The Bertz CT molecular complexity index is 1480. The Labute approximate surface area is 210 Å². The number of rotatable bonds is 6. The van der Waals surface area contributed by atoms with Gasteiger partial charge in [-0.15, -0.1) is 0 Å². The minimum Gasteiger partial charge on any atom is -0.507 e. The highest BCUT2D eigenvalue weighted by Gasteiger charge is 2.32. The lowest BCUT2D eigenvalue weighted by Gasteiger charge is -2.33. The van der Waals surface area contributed by atoms with Crippen LogP contribution in [-0.2, 0) is 6.42 Å². The highest BCUT2D eigenvalue weighted by Crippen LogP contribution is 2.46. The molecular weight excluding hydrogens is 456 g/mol. The van der Waals surface area contributed by atoms with Crippen molar-refractivity contribution in [3.8, 4) is 34.3 Å². The molecule has 1 aliphatic rings. The van der Waals surface area contributed by atoms with E-state index in [1.807, 2.05) is 39.0 Å². The first-order valence-corrected chi connectivity index (χ1v) is 12.0. The first-order valence-electron chi connectivity index (χ1n) is 12.0. The van der Waals surface area contributed by atoms with Crippen LogP contribution in [0.3, 0.4) is 0 Å². The summed E-state index contributed by atoms with van der Waals surface area (Å²) in [6, 6.07) is 5.47. The van der Waals surface area contributed by atoms with Crippen molar-refractivity contribution in [1.29, 1.82) is 0 Å². The molecule has 6 heteroatoms. The molecule has 36 heavy (non-hydrogen) atoms. The van der Waals surface area contributed by atoms with Gasteiger partial charge in [0.25, 0.3) is 0 Å². The number of phenolic OH excluding ortho intramolecular Hbond substituents is 3. The maximum Gasteiger partial charge on any atom is 0.197 e. The lowest BCUT2D eigenvalue weighted by atomic mass is 9.91. The quantitative estimate of drug-likeness (QED) is 0.255. The number of allylic oxidation sites excluding steroid dienone is 4. The third kappa shape index (κ3) is 4.89. The summed E-state index contributed by atoms with van der Waals surface area (Å²) in [6.07, 6.45) is 10.00. The van der Waals surface area contributed by atoms with E-state index in [-0.39, 0.29) is 34.0 Å². The number of hydrogen-bond acceptors (Lipinski definition) is 6. The van der Waals surface area contributed by atoms with Crippen molar-refractivity contribution >= 4 is 17.0 Å². The van der Waals surface area contributed by atoms with E-state index in [0.717, 1.165) is 18.4 Å². The van der Waals surface area contributed by atoms with Crippen LogP contribution >= 0.6 is 0 Å². The molecule has 0 unspecified atom stereocenters. The fourth-order valence-electron chi connectivity index (χ4n) is 4.32. The predicted octanol–water partition coefficient (Wildman–Crippen LogP) is 7.00. The van der Waals surface area contributed by atoms with Gasteiger partial charge in [0, 0.05) is 17.2 Å². The van der Waals surface area contributed by atoms with Crippen LogP contribution < -0.4 is 10.2 Å². The molecule has 2 aromatic carbocycles. The van der Waals surface area contributed by atoms with Gasteiger partial charge < -0.3 is 24.5 Å². The Morgan fingerprint density at radius 1 is 1.00 bits per heavy atom. The lowest BCUT2D eigenvalue weighted by Crippen LogP contribution is -2.32. The van der Waals surface area contributed by atoms with Gasteiger partial charge in [-0.3, -0.25) is 4.79 Å². The molecule has 6 nitrogen and oxygen atoms in total. The van der Waals surface area contributed by atoms with E-state index in [9.17, 15) is 20.1 Å². The van der Waals surface area contributed by atoms with Crippen LogP contribution in [0.15, 0.2) is 62.9 Å². The molecule has 0 bridgehead atoms. The molecule has 4 rings (SSSR count). The highest BCUT2D eigenvalue weighted by molar-refractivity contribution is 5.96. The van der Waals surface area contributed by atoms with Gasteiger partial charge in [0.1, 0.15) is 28.2 Å². The third-order valence-corrected chi connectivity index (χ3v) is 6.34. The molecule has 1 aliphatic heterocycles. The zero-order valence-corrected chi connectivity index (χ0v) is 21.3. The summed E-state index contributed by atoms with van der Waals surface area (Å²) in [6.45, 7) is 10.1. The van der Waals surface area contributed by atoms with E-state index in [1.165, 1.54) is 23.8 Å². The fourth-order valence-corrected chi connectivity index (χ4v) is 4.32. The smallest absolute Gasteiger partial charge is 0.197 e. The zero-order valence-electron chi connectivity index (χ0n) is 21.3. The van der Waals surface area contributed by atoms with Crippen LogP contribution in [0.1, 0.15) is 58.6 Å². The normalized spacial score (nSPS) is 16.4. The first kappa shape index (κ1) is 25.2. The minimum atomic E-state index is -0.598. The van der Waals surface area contributed by atoms with Crippen molar-refractivity contribution in [1.82, 2.24) is 0 Å². The minimum absolute atomic E-state index is 0.0825. The highest BCUT2D eigenvalue weighted by atomic mass is 16.5. The summed E-state index contributed by atoms with van der Waals surface area (Å²) >= 11 is 0. The van der Waals surface area contributed by atoms with E-state index in [4.69, 9.17) is 9.15 Å². The molecule has 0 radical (unpaired) electrons. The van der Waals surface area contributed by atoms with Gasteiger partial charge in [0.05, 0.1) is 5.56 Å². The molecule has 1 aromatic heterocycles. The molecule has 0 amide bonds. The molecule has 3 aromatic rings. The second kappa shape index (κ2) is 9.61. The molecule has 0 saturated heterocycles. The summed E-state index contributed by atoms with van der Waals surface area (Å²) in [5, 5.41) is 31.0. The number of hydrogen-bond donors (Lipinski definition) is 3. The van der Waals surface area contributed by atoms with Crippen LogP contribution in [0, 0.1) is 0 Å². The van der Waals surface area contributed by atoms with E-state index in [0.29, 0.717) is 28.9 Å². The number of fused-ring (bicyclic) bond motifs is 3. The predicted molar refractivity (Wildman–Crippen MR) is 143 cm³/mol. The van der Waals surface area contributed by atoms with Gasteiger partial charge in [0.15, 0.2) is 22.5 Å². The van der Waals surface area contributed by atoms with E-state index < -0.39 is 11.0 Å². The standard InChI is InChI=1S/C30H32O6/c1-17(2)7-6-13-30(5)14-12-21-28(36-30)20(10-8-18(3)4)27(34)26-24(33)16-25(35-29(21)26)19-9-11-22(31)23(32)15-19/h7-9,11-12,14-16,31-32,34H,6,10,13H2,1-5H3/t30-/m1/s1. The maximum atomic E-state index is 13.2. The van der Waals surface area contributed by atoms with Gasteiger partial charge in [-0.25, -0.2) is 0 Å². The lowest BCUT2D eigenvalue weighted by molar-refractivity contribution is 0.127. The molecule has 0 spiro atoms. The summed E-state index contributed by atoms with van der Waals surface area (Å²) in [5.41, 5.74) is 3.05. The molecule has 0 fully saturated rings. The van der Waals surface area contributed by atoms with Crippen LogP contribution in [0.4, 0.5) is 0 Å². The summed E-state index contributed by atoms with van der Waals surface area (Å²) in [7, 11) is 0. The summed E-state index contributed by atoms with van der Waals surface area (Å²) < 4.78 is 12.7. The average molecular weight is 489 g/mol. The van der Waals surface area contributed by atoms with Gasteiger partial charge >= 0.3 is 0 Å². The second-order valence-electron chi connectivity index (χ2n) is 10.0. The molecule has 0 saturated carbocycles. The molecule has 2 heterocycles. The fraction of sp³-hybridized carbons (Fsp3) is 0.300. The molecule has 188 valence electrons. The van der Waals surface area contributed by atoms with Gasteiger partial charge in [0.2, 0.25) is 0 Å². The average Bonchev–Trinajstić information content (AvgIpc) is 2.79. The van der Waals surface area contributed by atoms with Crippen molar-refractivity contribution in [2.24, 2.45) is 0 Å². The SMILES string of the molecule is CC(C)=CCC[C@]1(C)C=Cc2c(c(CC=C(C)C)c(O)c3c(=O)cc(-c4ccc(O)c(O)c4)oc23)O1. The van der Waals surface area contributed by atoms with E-state index in [1.54, 1.807) is 6.07 Å². The van der Waals surface area contributed by atoms with E-state index in [2.05, 4.69) is 19.9 Å². The largest absolute Gasteiger partial charge is 0.507 e. The Hall–Kier alpha value is -3.93. The maximum absolute atomic E-state index is 13.2. The van der Waals surface area contributed by atoms with Gasteiger partial charge in [-0.05, 0) is 84.2 Å². The van der Waals surface area contributed by atoms with Crippen molar-refractivity contribution in [3.05, 3.63) is 75.0 Å². The molecule has 0 aliphatic carbocycles. The van der Waals surface area contributed by atoms with Gasteiger partial charge in [-0.1, -0.05) is 23.3 Å². The Morgan fingerprint density at radius 2 is 1.72 bits per heavy atom. The third-order valence-electron chi connectivity index (χ3n) is 6.34. The van der Waals surface area contributed by atoms with Crippen molar-refractivity contribution < 1.29 is 24.5 Å². The Kier molecular flexibility index (Phi) is 6.72.